The van der Waals surface area contributed by atoms with Crippen molar-refractivity contribution in [1.82, 2.24) is 5.32 Å². The molecule has 0 aromatic carbocycles. The second-order valence-corrected chi connectivity index (χ2v) is 5.18. The van der Waals surface area contributed by atoms with E-state index in [0.29, 0.717) is 6.54 Å². The number of hydrogen-bond acceptors (Lipinski definition) is 4. The number of halogens is 1. The third kappa shape index (κ3) is 3.40. The van der Waals surface area contributed by atoms with Crippen LogP contribution < -0.4 is 5.32 Å². The van der Waals surface area contributed by atoms with Crippen molar-refractivity contribution in [1.29, 1.82) is 0 Å². The molecular weight excluding hydrogens is 266 g/mol. The van der Waals surface area contributed by atoms with E-state index in [1.165, 1.54) is 7.11 Å². The molecule has 3 nitrogen and oxygen atoms in total. The SMILES string of the molecule is COC(=O)[C@H](C)NCc1csc(Br)c1. The van der Waals surface area contributed by atoms with Crippen molar-refractivity contribution in [2.45, 2.75) is 19.5 Å². The molecule has 14 heavy (non-hydrogen) atoms. The first-order valence-corrected chi connectivity index (χ1v) is 5.85. The van der Waals surface area contributed by atoms with Gasteiger partial charge in [0, 0.05) is 6.54 Å². The van der Waals surface area contributed by atoms with Crippen LogP contribution in [0.2, 0.25) is 0 Å². The van der Waals surface area contributed by atoms with E-state index >= 15 is 0 Å². The molecule has 5 heteroatoms. The van der Waals surface area contributed by atoms with Gasteiger partial charge in [0.05, 0.1) is 10.9 Å². The van der Waals surface area contributed by atoms with Crippen molar-refractivity contribution in [3.63, 3.8) is 0 Å². The maximum Gasteiger partial charge on any atom is 0.322 e. The molecule has 0 aliphatic rings. The van der Waals surface area contributed by atoms with E-state index in [-0.39, 0.29) is 12.0 Å². The standard InChI is InChI=1S/C9H12BrNO2S/c1-6(9(12)13-2)11-4-7-3-8(10)14-5-7/h3,5-6,11H,4H2,1-2H3/t6-/m0/s1. The highest BCUT2D eigenvalue weighted by molar-refractivity contribution is 9.11. The molecule has 1 rings (SSSR count). The van der Waals surface area contributed by atoms with Crippen LogP contribution in [0.4, 0.5) is 0 Å². The Morgan fingerprint density at radius 2 is 2.50 bits per heavy atom. The van der Waals surface area contributed by atoms with Crippen LogP contribution in [-0.4, -0.2) is 19.1 Å². The largest absolute Gasteiger partial charge is 0.468 e. The molecule has 0 radical (unpaired) electrons. The normalized spacial score (nSPS) is 12.5. The van der Waals surface area contributed by atoms with E-state index in [1.54, 1.807) is 18.3 Å². The van der Waals surface area contributed by atoms with Crippen LogP contribution in [0.1, 0.15) is 12.5 Å². The summed E-state index contributed by atoms with van der Waals surface area (Å²) in [6, 6.07) is 1.76. The monoisotopic (exact) mass is 277 g/mol. The summed E-state index contributed by atoms with van der Waals surface area (Å²) in [5, 5.41) is 5.12. The average molecular weight is 278 g/mol. The molecule has 0 fully saturated rings. The van der Waals surface area contributed by atoms with Gasteiger partial charge in [0.1, 0.15) is 6.04 Å². The van der Waals surface area contributed by atoms with Crippen molar-refractivity contribution in [2.75, 3.05) is 7.11 Å². The second-order valence-electron chi connectivity index (χ2n) is 2.88. The minimum atomic E-state index is -0.265. The second kappa shape index (κ2) is 5.48. The molecule has 1 aromatic rings. The highest BCUT2D eigenvalue weighted by Gasteiger charge is 2.11. The fourth-order valence-electron chi connectivity index (χ4n) is 0.970. The summed E-state index contributed by atoms with van der Waals surface area (Å²) in [7, 11) is 1.39. The maximum atomic E-state index is 11.0. The van der Waals surface area contributed by atoms with Gasteiger partial charge in [-0.1, -0.05) is 0 Å². The Bertz CT molecular complexity index is 314. The van der Waals surface area contributed by atoms with Crippen molar-refractivity contribution in [3.8, 4) is 0 Å². The maximum absolute atomic E-state index is 11.0. The molecule has 0 bridgehead atoms. The number of rotatable bonds is 4. The Hall–Kier alpha value is -0.390. The lowest BCUT2D eigenvalue weighted by atomic mass is 10.3. The van der Waals surface area contributed by atoms with Gasteiger partial charge >= 0.3 is 5.97 Å². The smallest absolute Gasteiger partial charge is 0.322 e. The van der Waals surface area contributed by atoms with Crippen LogP contribution in [0.3, 0.4) is 0 Å². The molecule has 0 amide bonds. The molecule has 0 saturated carbocycles. The van der Waals surface area contributed by atoms with E-state index in [0.717, 1.165) is 9.35 Å². The lowest BCUT2D eigenvalue weighted by Gasteiger charge is -2.09. The predicted molar refractivity (Wildman–Crippen MR) is 60.3 cm³/mol. The summed E-state index contributed by atoms with van der Waals surface area (Å²) in [6.07, 6.45) is 0. The summed E-state index contributed by atoms with van der Waals surface area (Å²) in [5.74, 6) is -0.237. The van der Waals surface area contributed by atoms with Gasteiger partial charge in [-0.05, 0) is 39.9 Å². The van der Waals surface area contributed by atoms with Gasteiger partial charge < -0.3 is 10.1 Å². The zero-order valence-electron chi connectivity index (χ0n) is 8.04. The Labute approximate surface area is 95.6 Å². The molecular formula is C9H12BrNO2S. The Morgan fingerprint density at radius 3 is 3.00 bits per heavy atom. The summed E-state index contributed by atoms with van der Waals surface area (Å²) >= 11 is 5.01. The molecule has 0 spiro atoms. The van der Waals surface area contributed by atoms with E-state index < -0.39 is 0 Å². The number of methoxy groups -OCH3 is 1. The first kappa shape index (κ1) is 11.7. The van der Waals surface area contributed by atoms with Crippen molar-refractivity contribution in [3.05, 3.63) is 20.8 Å². The van der Waals surface area contributed by atoms with Gasteiger partial charge in [0.2, 0.25) is 0 Å². The summed E-state index contributed by atoms with van der Waals surface area (Å²) in [4.78, 5) is 11.0. The fraction of sp³-hybridized carbons (Fsp3) is 0.444. The van der Waals surface area contributed by atoms with Gasteiger partial charge in [0.15, 0.2) is 0 Å². The number of esters is 1. The molecule has 1 atom stereocenters. The highest BCUT2D eigenvalue weighted by atomic mass is 79.9. The predicted octanol–water partition coefficient (Wildman–Crippen LogP) is 2.16. The molecule has 0 aliphatic heterocycles. The van der Waals surface area contributed by atoms with Crippen LogP contribution >= 0.6 is 27.3 Å². The molecule has 0 aliphatic carbocycles. The van der Waals surface area contributed by atoms with Gasteiger partial charge in [-0.2, -0.15) is 0 Å². The molecule has 1 N–H and O–H groups in total. The van der Waals surface area contributed by atoms with Gasteiger partial charge in [-0.3, -0.25) is 4.79 Å². The number of thiophene rings is 1. The molecule has 0 unspecified atom stereocenters. The third-order valence-electron chi connectivity index (χ3n) is 1.79. The number of carbonyl (C=O) groups is 1. The number of carbonyl (C=O) groups excluding carboxylic acids is 1. The van der Waals surface area contributed by atoms with Crippen LogP contribution in [0.25, 0.3) is 0 Å². The van der Waals surface area contributed by atoms with Crippen LogP contribution in [0.15, 0.2) is 15.2 Å². The van der Waals surface area contributed by atoms with Crippen LogP contribution in [0, 0.1) is 0 Å². The zero-order chi connectivity index (χ0) is 10.6. The lowest BCUT2D eigenvalue weighted by molar-refractivity contribution is -0.142. The number of ether oxygens (including phenoxy) is 1. The van der Waals surface area contributed by atoms with Crippen molar-refractivity contribution >= 4 is 33.2 Å². The first-order chi connectivity index (χ1) is 6.63. The Kier molecular flexibility index (Phi) is 4.57. The Balaban J connectivity index is 2.37. The number of nitrogens with one attached hydrogen (secondary N) is 1. The quantitative estimate of drug-likeness (QED) is 0.858. The minimum absolute atomic E-state index is 0.237. The fourth-order valence-corrected chi connectivity index (χ4v) is 2.18. The molecule has 1 aromatic heterocycles. The summed E-state index contributed by atoms with van der Waals surface area (Å²) in [6.45, 7) is 2.46. The van der Waals surface area contributed by atoms with Crippen LogP contribution in [0.5, 0.6) is 0 Å². The average Bonchev–Trinajstić information content (AvgIpc) is 2.59. The molecule has 0 saturated heterocycles. The van der Waals surface area contributed by atoms with Gasteiger partial charge in [-0.15, -0.1) is 11.3 Å². The van der Waals surface area contributed by atoms with Gasteiger partial charge in [-0.25, -0.2) is 0 Å². The van der Waals surface area contributed by atoms with E-state index in [2.05, 4.69) is 26.0 Å². The third-order valence-corrected chi connectivity index (χ3v) is 3.34. The zero-order valence-corrected chi connectivity index (χ0v) is 10.4. The van der Waals surface area contributed by atoms with E-state index in [9.17, 15) is 4.79 Å². The van der Waals surface area contributed by atoms with Crippen molar-refractivity contribution in [2.24, 2.45) is 0 Å². The first-order valence-electron chi connectivity index (χ1n) is 4.17. The van der Waals surface area contributed by atoms with E-state index in [4.69, 9.17) is 0 Å². The molecule has 1 heterocycles. The Morgan fingerprint density at radius 1 is 1.79 bits per heavy atom. The van der Waals surface area contributed by atoms with E-state index in [1.807, 2.05) is 11.4 Å². The van der Waals surface area contributed by atoms with Crippen molar-refractivity contribution < 1.29 is 9.53 Å². The number of hydrogen-bond donors (Lipinski definition) is 1. The topological polar surface area (TPSA) is 38.3 Å². The minimum Gasteiger partial charge on any atom is -0.468 e. The summed E-state index contributed by atoms with van der Waals surface area (Å²) < 4.78 is 5.69. The molecule has 78 valence electrons. The summed E-state index contributed by atoms with van der Waals surface area (Å²) in [5.41, 5.74) is 1.16. The highest BCUT2D eigenvalue weighted by Crippen LogP contribution is 2.20. The lowest BCUT2D eigenvalue weighted by Crippen LogP contribution is -2.34. The van der Waals surface area contributed by atoms with Gasteiger partial charge in [0.25, 0.3) is 0 Å². The van der Waals surface area contributed by atoms with Crippen LogP contribution in [-0.2, 0) is 16.1 Å².